The number of rotatable bonds is 3. The zero-order valence-corrected chi connectivity index (χ0v) is 9.53. The van der Waals surface area contributed by atoms with Crippen molar-refractivity contribution in [3.8, 4) is 5.69 Å². The van der Waals surface area contributed by atoms with E-state index in [1.807, 2.05) is 0 Å². The number of halogens is 1. The molecule has 0 aliphatic heterocycles. The molecule has 1 aromatic carbocycles. The number of hydrogen-bond donors (Lipinski definition) is 1. The number of benzene rings is 1. The van der Waals surface area contributed by atoms with Gasteiger partial charge >= 0.3 is 11.8 Å². The van der Waals surface area contributed by atoms with Crippen molar-refractivity contribution in [2.24, 2.45) is 0 Å². The van der Waals surface area contributed by atoms with Gasteiger partial charge in [-0.2, -0.15) is 0 Å². The minimum Gasteiger partial charge on any atom is -0.478 e. The van der Waals surface area contributed by atoms with Crippen molar-refractivity contribution in [2.45, 2.75) is 0 Å². The van der Waals surface area contributed by atoms with Crippen molar-refractivity contribution in [3.63, 3.8) is 0 Å². The molecule has 0 saturated carbocycles. The molecule has 0 radical (unpaired) electrons. The van der Waals surface area contributed by atoms with E-state index in [0.29, 0.717) is 5.69 Å². The van der Waals surface area contributed by atoms with Crippen LogP contribution < -0.4 is 0 Å². The number of carboxylic acid groups (broad SMARTS) is 1. The van der Waals surface area contributed by atoms with Gasteiger partial charge in [-0.15, -0.1) is 4.68 Å². The summed E-state index contributed by atoms with van der Waals surface area (Å²) in [6.07, 6.45) is 1.39. The van der Waals surface area contributed by atoms with Crippen LogP contribution in [0.2, 0.25) is 5.02 Å². The van der Waals surface area contributed by atoms with Gasteiger partial charge in [0.2, 0.25) is 0 Å². The molecule has 8 heteroatoms. The van der Waals surface area contributed by atoms with Gasteiger partial charge in [-0.1, -0.05) is 11.6 Å². The lowest BCUT2D eigenvalue weighted by atomic mass is 10.2. The first kappa shape index (κ1) is 12.1. The summed E-state index contributed by atoms with van der Waals surface area (Å²) in [6.45, 7) is 0. The average Bonchev–Trinajstić information content (AvgIpc) is 2.77. The van der Waals surface area contributed by atoms with Gasteiger partial charge in [-0.05, 0) is 23.1 Å². The molecule has 0 spiro atoms. The lowest BCUT2D eigenvalue weighted by Crippen LogP contribution is -2.01. The highest BCUT2D eigenvalue weighted by atomic mass is 35.5. The van der Waals surface area contributed by atoms with E-state index in [9.17, 15) is 14.9 Å². The van der Waals surface area contributed by atoms with Crippen LogP contribution in [0.1, 0.15) is 10.4 Å². The predicted molar refractivity (Wildman–Crippen MR) is 62.2 cm³/mol. The molecule has 1 heterocycles. The summed E-state index contributed by atoms with van der Waals surface area (Å²) < 4.78 is 1.25. The number of nitro groups is 1. The third kappa shape index (κ3) is 2.16. The summed E-state index contributed by atoms with van der Waals surface area (Å²) in [7, 11) is 0. The molecule has 2 aromatic rings. The quantitative estimate of drug-likeness (QED) is 0.678. The SMILES string of the molecule is O=C(O)c1ccc(-n2ccc([N+](=O)[O-])n2)cc1Cl. The first-order valence-electron chi connectivity index (χ1n) is 4.72. The summed E-state index contributed by atoms with van der Waals surface area (Å²) >= 11 is 5.79. The Morgan fingerprint density at radius 1 is 1.44 bits per heavy atom. The Morgan fingerprint density at radius 3 is 2.67 bits per heavy atom. The molecule has 2 rings (SSSR count). The van der Waals surface area contributed by atoms with Crippen LogP contribution in [0.15, 0.2) is 30.5 Å². The van der Waals surface area contributed by atoms with E-state index in [-0.39, 0.29) is 16.4 Å². The van der Waals surface area contributed by atoms with E-state index in [1.54, 1.807) is 0 Å². The lowest BCUT2D eigenvalue weighted by molar-refractivity contribution is -0.389. The zero-order chi connectivity index (χ0) is 13.3. The first-order valence-corrected chi connectivity index (χ1v) is 5.10. The molecule has 0 atom stereocenters. The molecular formula is C10H6ClN3O4. The maximum atomic E-state index is 10.8. The summed E-state index contributed by atoms with van der Waals surface area (Å²) in [5.74, 6) is -1.44. The topological polar surface area (TPSA) is 98.3 Å². The summed E-state index contributed by atoms with van der Waals surface area (Å²) in [5, 5.41) is 23.0. The van der Waals surface area contributed by atoms with Gasteiger partial charge in [-0.25, -0.2) is 4.79 Å². The van der Waals surface area contributed by atoms with Crippen LogP contribution in [0.25, 0.3) is 5.69 Å². The van der Waals surface area contributed by atoms with Crippen molar-refractivity contribution >= 4 is 23.4 Å². The molecule has 92 valence electrons. The van der Waals surface area contributed by atoms with Gasteiger partial charge in [0.1, 0.15) is 0 Å². The molecule has 1 aromatic heterocycles. The fourth-order valence-electron chi connectivity index (χ4n) is 1.38. The second-order valence-electron chi connectivity index (χ2n) is 3.34. The van der Waals surface area contributed by atoms with Gasteiger partial charge in [-0.3, -0.25) is 0 Å². The summed E-state index contributed by atoms with van der Waals surface area (Å²) in [5.41, 5.74) is 0.403. The Kier molecular flexibility index (Phi) is 2.99. The van der Waals surface area contributed by atoms with E-state index in [4.69, 9.17) is 16.7 Å². The number of aromatic carboxylic acids is 1. The first-order chi connectivity index (χ1) is 8.49. The molecule has 7 nitrogen and oxygen atoms in total. The van der Waals surface area contributed by atoms with Crippen LogP contribution in [-0.4, -0.2) is 25.8 Å². The zero-order valence-electron chi connectivity index (χ0n) is 8.78. The molecule has 0 fully saturated rings. The molecule has 0 aliphatic carbocycles. The van der Waals surface area contributed by atoms with Crippen molar-refractivity contribution in [1.82, 2.24) is 9.78 Å². The Hall–Kier alpha value is -2.41. The standard InChI is InChI=1S/C10H6ClN3O4/c11-8-5-6(1-2-7(8)10(15)16)13-4-3-9(12-13)14(17)18/h1-5H,(H,15,16). The van der Waals surface area contributed by atoms with Crippen LogP contribution in [0.4, 0.5) is 5.82 Å². The Balaban J connectivity index is 2.42. The van der Waals surface area contributed by atoms with E-state index in [2.05, 4.69) is 5.10 Å². The van der Waals surface area contributed by atoms with Crippen LogP contribution in [0, 0.1) is 10.1 Å². The smallest absolute Gasteiger partial charge is 0.390 e. The van der Waals surface area contributed by atoms with Crippen molar-refractivity contribution in [1.29, 1.82) is 0 Å². The molecule has 18 heavy (non-hydrogen) atoms. The number of nitrogens with zero attached hydrogens (tertiary/aromatic N) is 3. The third-order valence-corrected chi connectivity index (χ3v) is 2.52. The number of carbonyl (C=O) groups is 1. The molecule has 0 amide bonds. The van der Waals surface area contributed by atoms with Gasteiger partial charge in [0.05, 0.1) is 33.6 Å². The highest BCUT2D eigenvalue weighted by molar-refractivity contribution is 6.33. The fourth-order valence-corrected chi connectivity index (χ4v) is 1.63. The Bertz CT molecular complexity index is 638. The van der Waals surface area contributed by atoms with Crippen LogP contribution in [0.5, 0.6) is 0 Å². The molecule has 0 bridgehead atoms. The predicted octanol–water partition coefficient (Wildman–Crippen LogP) is 2.13. The van der Waals surface area contributed by atoms with E-state index < -0.39 is 10.9 Å². The van der Waals surface area contributed by atoms with Crippen molar-refractivity contribution in [3.05, 3.63) is 51.2 Å². The van der Waals surface area contributed by atoms with Gasteiger partial charge in [0.15, 0.2) is 0 Å². The lowest BCUT2D eigenvalue weighted by Gasteiger charge is -2.01. The number of aromatic nitrogens is 2. The fraction of sp³-hybridized carbons (Fsp3) is 0. The van der Waals surface area contributed by atoms with Crippen LogP contribution >= 0.6 is 11.6 Å². The van der Waals surface area contributed by atoms with Crippen LogP contribution in [0.3, 0.4) is 0 Å². The van der Waals surface area contributed by atoms with E-state index in [0.717, 1.165) is 0 Å². The van der Waals surface area contributed by atoms with Gasteiger partial charge < -0.3 is 15.2 Å². The third-order valence-electron chi connectivity index (χ3n) is 2.21. The summed E-state index contributed by atoms with van der Waals surface area (Å²) in [6, 6.07) is 5.39. The number of carboxylic acids is 1. The second kappa shape index (κ2) is 4.46. The second-order valence-corrected chi connectivity index (χ2v) is 3.75. The van der Waals surface area contributed by atoms with Crippen molar-refractivity contribution in [2.75, 3.05) is 0 Å². The van der Waals surface area contributed by atoms with Crippen LogP contribution in [-0.2, 0) is 0 Å². The largest absolute Gasteiger partial charge is 0.478 e. The van der Waals surface area contributed by atoms with Gasteiger partial charge in [0.25, 0.3) is 0 Å². The average molecular weight is 268 g/mol. The summed E-state index contributed by atoms with van der Waals surface area (Å²) in [4.78, 5) is 20.6. The minimum absolute atomic E-state index is 0.0397. The molecule has 0 saturated heterocycles. The monoisotopic (exact) mass is 267 g/mol. The Morgan fingerprint density at radius 2 is 2.17 bits per heavy atom. The minimum atomic E-state index is -1.14. The maximum Gasteiger partial charge on any atom is 0.390 e. The van der Waals surface area contributed by atoms with Crippen molar-refractivity contribution < 1.29 is 14.8 Å². The van der Waals surface area contributed by atoms with E-state index >= 15 is 0 Å². The number of hydrogen-bond acceptors (Lipinski definition) is 4. The molecular weight excluding hydrogens is 262 g/mol. The normalized spacial score (nSPS) is 10.3. The van der Waals surface area contributed by atoms with E-state index in [1.165, 1.54) is 35.1 Å². The molecule has 0 unspecified atom stereocenters. The maximum absolute atomic E-state index is 10.8. The highest BCUT2D eigenvalue weighted by Gasteiger charge is 2.14. The molecule has 0 aliphatic rings. The molecule has 1 N–H and O–H groups in total. The Labute approximate surface area is 105 Å². The van der Waals surface area contributed by atoms with Gasteiger partial charge in [0, 0.05) is 0 Å². The highest BCUT2D eigenvalue weighted by Crippen LogP contribution is 2.21.